The van der Waals surface area contributed by atoms with Crippen LogP contribution in [-0.4, -0.2) is 19.9 Å². The largest absolute Gasteiger partial charge is 0.489 e. The Morgan fingerprint density at radius 3 is 2.74 bits per heavy atom. The standard InChI is InChI=1S/C21H23ClFNO2S/c1-5-11-26-19-10-9-14(22)12-16(19)20-15-7-6-8-18(23)17(15)13-24(20)27(25)21(2,3)4/h5-10,12,20H,1,11,13H2,2-4H3. The SMILES string of the molecule is C=CCOc1ccc(Cl)cc1C1c2cccc(F)c2CN1S(=O)C(C)(C)C. The van der Waals surface area contributed by atoms with E-state index >= 15 is 0 Å². The van der Waals surface area contributed by atoms with Crippen LogP contribution in [0.25, 0.3) is 0 Å². The molecule has 2 atom stereocenters. The van der Waals surface area contributed by atoms with Crippen LogP contribution in [0, 0.1) is 5.82 Å². The molecule has 0 radical (unpaired) electrons. The van der Waals surface area contributed by atoms with Crippen molar-refractivity contribution in [2.24, 2.45) is 0 Å². The molecule has 2 aromatic rings. The lowest BCUT2D eigenvalue weighted by Gasteiger charge is -2.31. The van der Waals surface area contributed by atoms with E-state index in [0.29, 0.717) is 22.9 Å². The van der Waals surface area contributed by atoms with Gasteiger partial charge in [0.2, 0.25) is 0 Å². The zero-order valence-electron chi connectivity index (χ0n) is 15.7. The summed E-state index contributed by atoms with van der Waals surface area (Å²) in [6.07, 6.45) is 1.66. The number of ether oxygens (including phenoxy) is 1. The maximum Gasteiger partial charge on any atom is 0.128 e. The third-order valence-corrected chi connectivity index (χ3v) is 6.46. The van der Waals surface area contributed by atoms with Gasteiger partial charge in [0.15, 0.2) is 0 Å². The summed E-state index contributed by atoms with van der Waals surface area (Å²) < 4.78 is 34.9. The molecule has 2 unspecified atom stereocenters. The van der Waals surface area contributed by atoms with Gasteiger partial charge in [0.25, 0.3) is 0 Å². The van der Waals surface area contributed by atoms with Crippen LogP contribution in [0.2, 0.25) is 5.02 Å². The first-order valence-corrected chi connectivity index (χ1v) is 10.2. The second kappa shape index (κ2) is 7.74. The zero-order valence-corrected chi connectivity index (χ0v) is 17.2. The van der Waals surface area contributed by atoms with Crippen LogP contribution < -0.4 is 4.74 Å². The molecule has 2 aromatic carbocycles. The molecule has 1 heterocycles. The molecule has 0 fully saturated rings. The summed E-state index contributed by atoms with van der Waals surface area (Å²) in [5.41, 5.74) is 2.12. The van der Waals surface area contributed by atoms with Gasteiger partial charge in [-0.2, -0.15) is 0 Å². The Hall–Kier alpha value is -1.69. The Bertz CT molecular complexity index is 894. The van der Waals surface area contributed by atoms with E-state index in [1.807, 2.05) is 31.1 Å². The summed E-state index contributed by atoms with van der Waals surface area (Å²) in [6, 6.07) is 9.92. The van der Waals surface area contributed by atoms with E-state index in [4.69, 9.17) is 16.3 Å². The van der Waals surface area contributed by atoms with Crippen molar-refractivity contribution in [1.82, 2.24) is 4.31 Å². The first-order chi connectivity index (χ1) is 12.7. The highest BCUT2D eigenvalue weighted by atomic mass is 35.5. The third kappa shape index (κ3) is 3.96. The summed E-state index contributed by atoms with van der Waals surface area (Å²) in [7, 11) is -1.35. The first-order valence-electron chi connectivity index (χ1n) is 8.73. The van der Waals surface area contributed by atoms with Gasteiger partial charge in [-0.3, -0.25) is 0 Å². The van der Waals surface area contributed by atoms with Gasteiger partial charge >= 0.3 is 0 Å². The van der Waals surface area contributed by atoms with Gasteiger partial charge in [0.1, 0.15) is 29.2 Å². The van der Waals surface area contributed by atoms with Gasteiger partial charge in [-0.05, 0) is 50.6 Å². The van der Waals surface area contributed by atoms with Crippen LogP contribution in [-0.2, 0) is 17.5 Å². The van der Waals surface area contributed by atoms with E-state index in [-0.39, 0.29) is 12.4 Å². The number of fused-ring (bicyclic) bond motifs is 1. The summed E-state index contributed by atoms with van der Waals surface area (Å²) in [5, 5.41) is 0.544. The first kappa shape index (κ1) is 20.1. The van der Waals surface area contributed by atoms with E-state index in [2.05, 4.69) is 6.58 Å². The van der Waals surface area contributed by atoms with Gasteiger partial charge < -0.3 is 4.74 Å². The van der Waals surface area contributed by atoms with Crippen LogP contribution in [0.1, 0.15) is 43.5 Å². The summed E-state index contributed by atoms with van der Waals surface area (Å²) in [6.45, 7) is 10.0. The lowest BCUT2D eigenvalue weighted by molar-refractivity contribution is 0.342. The second-order valence-corrected chi connectivity index (χ2v) is 10.1. The molecular weight excluding hydrogens is 385 g/mol. The molecule has 0 aliphatic carbocycles. The highest BCUT2D eigenvalue weighted by Gasteiger charge is 2.41. The second-order valence-electron chi connectivity index (χ2n) is 7.43. The maximum absolute atomic E-state index is 14.5. The lowest BCUT2D eigenvalue weighted by atomic mass is 9.97. The normalized spacial score (nSPS) is 18.2. The summed E-state index contributed by atoms with van der Waals surface area (Å²) in [5.74, 6) is 0.332. The molecule has 1 aliphatic heterocycles. The van der Waals surface area contributed by atoms with E-state index in [0.717, 1.165) is 11.1 Å². The Morgan fingerprint density at radius 1 is 1.33 bits per heavy atom. The van der Waals surface area contributed by atoms with Gasteiger partial charge in [0, 0.05) is 22.7 Å². The molecule has 0 spiro atoms. The molecule has 0 N–H and O–H groups in total. The van der Waals surface area contributed by atoms with Crippen molar-refractivity contribution in [1.29, 1.82) is 0 Å². The monoisotopic (exact) mass is 407 g/mol. The predicted molar refractivity (Wildman–Crippen MR) is 109 cm³/mol. The molecule has 0 aromatic heterocycles. The Balaban J connectivity index is 2.18. The maximum atomic E-state index is 14.5. The van der Waals surface area contributed by atoms with E-state index in [1.54, 1.807) is 30.3 Å². The van der Waals surface area contributed by atoms with Gasteiger partial charge in [0.05, 0.1) is 10.8 Å². The summed E-state index contributed by atoms with van der Waals surface area (Å²) >= 11 is 6.26. The molecule has 0 bridgehead atoms. The van der Waals surface area contributed by atoms with E-state index < -0.39 is 21.8 Å². The minimum Gasteiger partial charge on any atom is -0.489 e. The molecule has 0 saturated heterocycles. The average Bonchev–Trinajstić information content (AvgIpc) is 2.99. The van der Waals surface area contributed by atoms with Crippen molar-refractivity contribution in [3.8, 4) is 5.75 Å². The minimum absolute atomic E-state index is 0.268. The number of nitrogens with zero attached hydrogens (tertiary/aromatic N) is 1. The Kier molecular flexibility index (Phi) is 5.75. The van der Waals surface area contributed by atoms with Crippen LogP contribution in [0.3, 0.4) is 0 Å². The van der Waals surface area contributed by atoms with Gasteiger partial charge in [-0.15, -0.1) is 0 Å². The number of hydrogen-bond acceptors (Lipinski definition) is 2. The number of rotatable bonds is 5. The molecular formula is C21H23ClFNO2S. The van der Waals surface area contributed by atoms with Crippen molar-refractivity contribution in [3.63, 3.8) is 0 Å². The van der Waals surface area contributed by atoms with Gasteiger partial charge in [-0.1, -0.05) is 36.4 Å². The molecule has 0 saturated carbocycles. The zero-order chi connectivity index (χ0) is 19.8. The Labute approximate surface area is 167 Å². The number of hydrogen-bond donors (Lipinski definition) is 0. The van der Waals surface area contributed by atoms with Gasteiger partial charge in [-0.25, -0.2) is 12.9 Å². The van der Waals surface area contributed by atoms with Crippen molar-refractivity contribution in [3.05, 3.63) is 76.6 Å². The van der Waals surface area contributed by atoms with Crippen LogP contribution in [0.15, 0.2) is 49.1 Å². The third-order valence-electron chi connectivity index (χ3n) is 4.41. The fourth-order valence-corrected chi connectivity index (χ4v) is 4.79. The minimum atomic E-state index is -1.35. The fourth-order valence-electron chi connectivity index (χ4n) is 3.24. The smallest absolute Gasteiger partial charge is 0.128 e. The topological polar surface area (TPSA) is 29.5 Å². The molecule has 1 aliphatic rings. The van der Waals surface area contributed by atoms with E-state index in [9.17, 15) is 8.60 Å². The van der Waals surface area contributed by atoms with Crippen LogP contribution in [0.4, 0.5) is 4.39 Å². The van der Waals surface area contributed by atoms with Crippen LogP contribution in [0.5, 0.6) is 5.75 Å². The summed E-state index contributed by atoms with van der Waals surface area (Å²) in [4.78, 5) is 0. The van der Waals surface area contributed by atoms with Crippen molar-refractivity contribution < 1.29 is 13.3 Å². The molecule has 0 amide bonds. The van der Waals surface area contributed by atoms with Crippen LogP contribution >= 0.6 is 11.6 Å². The lowest BCUT2D eigenvalue weighted by Crippen LogP contribution is -2.37. The van der Waals surface area contributed by atoms with Crippen molar-refractivity contribution >= 4 is 22.6 Å². The molecule has 3 nitrogen and oxygen atoms in total. The fraction of sp³-hybridized carbons (Fsp3) is 0.333. The van der Waals surface area contributed by atoms with Crippen molar-refractivity contribution in [2.45, 2.75) is 38.1 Å². The molecule has 27 heavy (non-hydrogen) atoms. The molecule has 3 rings (SSSR count). The average molecular weight is 408 g/mol. The number of halogens is 2. The van der Waals surface area contributed by atoms with E-state index in [1.165, 1.54) is 6.07 Å². The molecule has 6 heteroatoms. The molecule has 144 valence electrons. The number of benzene rings is 2. The highest BCUT2D eigenvalue weighted by molar-refractivity contribution is 7.84. The predicted octanol–water partition coefficient (Wildman–Crippen LogP) is 5.41. The Morgan fingerprint density at radius 2 is 2.07 bits per heavy atom. The highest BCUT2D eigenvalue weighted by Crippen LogP contribution is 2.45. The van der Waals surface area contributed by atoms with Crippen molar-refractivity contribution in [2.75, 3.05) is 6.61 Å². The quantitative estimate of drug-likeness (QED) is 0.620.